The highest BCUT2D eigenvalue weighted by atomic mass is 16.5. The van der Waals surface area contributed by atoms with Gasteiger partial charge in [-0.25, -0.2) is 4.98 Å². The van der Waals surface area contributed by atoms with E-state index in [1.807, 2.05) is 26.0 Å². The van der Waals surface area contributed by atoms with Crippen LogP contribution in [0.2, 0.25) is 0 Å². The Kier molecular flexibility index (Phi) is 4.14. The minimum absolute atomic E-state index is 0.0984. The molecule has 6 nitrogen and oxygen atoms in total. The Morgan fingerprint density at radius 1 is 1.35 bits per heavy atom. The molecule has 20 heavy (non-hydrogen) atoms. The van der Waals surface area contributed by atoms with Crippen LogP contribution in [0.3, 0.4) is 0 Å². The van der Waals surface area contributed by atoms with Crippen LogP contribution in [-0.2, 0) is 6.42 Å². The lowest BCUT2D eigenvalue weighted by atomic mass is 10.2. The van der Waals surface area contributed by atoms with E-state index < -0.39 is 0 Å². The fourth-order valence-corrected chi connectivity index (χ4v) is 1.78. The predicted molar refractivity (Wildman–Crippen MR) is 75.2 cm³/mol. The van der Waals surface area contributed by atoms with E-state index in [0.29, 0.717) is 11.5 Å². The normalized spacial score (nSPS) is 11.4. The molecule has 0 atom stereocenters. The number of pyridine rings is 2. The van der Waals surface area contributed by atoms with Crippen molar-refractivity contribution in [1.29, 1.82) is 0 Å². The maximum Gasteiger partial charge on any atom is 0.192 e. The van der Waals surface area contributed by atoms with Gasteiger partial charge in [0.1, 0.15) is 5.75 Å². The van der Waals surface area contributed by atoms with Crippen LogP contribution in [0.1, 0.15) is 24.0 Å². The van der Waals surface area contributed by atoms with Gasteiger partial charge >= 0.3 is 0 Å². The van der Waals surface area contributed by atoms with Crippen molar-refractivity contribution in [2.75, 3.05) is 0 Å². The highest BCUT2D eigenvalue weighted by Crippen LogP contribution is 2.26. The molecule has 0 saturated carbocycles. The molecule has 0 aliphatic carbocycles. The first kappa shape index (κ1) is 13.8. The summed E-state index contributed by atoms with van der Waals surface area (Å²) in [4.78, 5) is 8.48. The molecule has 0 saturated heterocycles. The quantitative estimate of drug-likeness (QED) is 0.385. The monoisotopic (exact) mass is 272 g/mol. The fraction of sp³-hybridized carbons (Fsp3) is 0.214. The second-order valence-electron chi connectivity index (χ2n) is 4.19. The largest absolute Gasteiger partial charge is 0.453 e. The molecule has 0 aliphatic rings. The van der Waals surface area contributed by atoms with E-state index in [4.69, 9.17) is 15.7 Å². The Bertz CT molecular complexity index is 641. The Balaban J connectivity index is 2.40. The number of hydrogen-bond donors (Lipinski definition) is 2. The zero-order valence-electron chi connectivity index (χ0n) is 11.4. The fourth-order valence-electron chi connectivity index (χ4n) is 1.78. The van der Waals surface area contributed by atoms with Gasteiger partial charge < -0.3 is 15.7 Å². The molecule has 0 amide bonds. The first-order chi connectivity index (χ1) is 9.65. The summed E-state index contributed by atoms with van der Waals surface area (Å²) in [6, 6.07) is 7.15. The number of ether oxygens (including phenoxy) is 1. The second kappa shape index (κ2) is 6.01. The zero-order valence-corrected chi connectivity index (χ0v) is 11.4. The number of aromatic nitrogens is 2. The Morgan fingerprint density at radius 2 is 2.15 bits per heavy atom. The van der Waals surface area contributed by atoms with Crippen molar-refractivity contribution < 1.29 is 9.94 Å². The molecule has 0 bridgehead atoms. The van der Waals surface area contributed by atoms with Gasteiger partial charge in [0.15, 0.2) is 17.3 Å². The van der Waals surface area contributed by atoms with Gasteiger partial charge in [0, 0.05) is 11.9 Å². The first-order valence-electron chi connectivity index (χ1n) is 6.23. The van der Waals surface area contributed by atoms with Crippen molar-refractivity contribution in [3.63, 3.8) is 0 Å². The average Bonchev–Trinajstić information content (AvgIpc) is 2.48. The number of hydrogen-bond acceptors (Lipinski definition) is 5. The molecule has 0 radical (unpaired) electrons. The van der Waals surface area contributed by atoms with E-state index in [2.05, 4.69) is 15.1 Å². The number of aryl methyl sites for hydroxylation is 2. The molecule has 0 aliphatic heterocycles. The molecule has 0 fully saturated rings. The average molecular weight is 272 g/mol. The van der Waals surface area contributed by atoms with Gasteiger partial charge in [-0.15, -0.1) is 0 Å². The molecule has 2 aromatic rings. The van der Waals surface area contributed by atoms with E-state index in [9.17, 15) is 0 Å². The topological polar surface area (TPSA) is 93.6 Å². The maximum atomic E-state index is 8.77. The molecule has 3 N–H and O–H groups in total. The van der Waals surface area contributed by atoms with Gasteiger partial charge in [0.05, 0.1) is 5.69 Å². The molecular weight excluding hydrogens is 256 g/mol. The molecule has 2 heterocycles. The molecular formula is C14H16N4O2. The third kappa shape index (κ3) is 2.85. The highest BCUT2D eigenvalue weighted by molar-refractivity contribution is 5.97. The summed E-state index contributed by atoms with van der Waals surface area (Å²) >= 11 is 0. The lowest BCUT2D eigenvalue weighted by molar-refractivity contribution is 0.318. The van der Waals surface area contributed by atoms with Gasteiger partial charge in [0.2, 0.25) is 0 Å². The smallest absolute Gasteiger partial charge is 0.192 e. The molecule has 2 aromatic heterocycles. The number of rotatable bonds is 4. The summed E-state index contributed by atoms with van der Waals surface area (Å²) in [6.45, 7) is 3.93. The number of nitrogens with zero attached hydrogens (tertiary/aromatic N) is 3. The van der Waals surface area contributed by atoms with Gasteiger partial charge in [-0.1, -0.05) is 12.1 Å². The molecule has 0 spiro atoms. The maximum absolute atomic E-state index is 8.77. The van der Waals surface area contributed by atoms with Crippen LogP contribution in [0.5, 0.6) is 11.5 Å². The summed E-state index contributed by atoms with van der Waals surface area (Å²) in [5.41, 5.74) is 7.65. The molecule has 6 heteroatoms. The Hall–Kier alpha value is -2.63. The molecule has 2 rings (SSSR count). The highest BCUT2D eigenvalue weighted by Gasteiger charge is 2.12. The minimum Gasteiger partial charge on any atom is -0.453 e. The summed E-state index contributed by atoms with van der Waals surface area (Å²) in [7, 11) is 0. The Labute approximate surface area is 116 Å². The van der Waals surface area contributed by atoms with Crippen LogP contribution in [0.4, 0.5) is 0 Å². The minimum atomic E-state index is -0.0984. The second-order valence-corrected chi connectivity index (χ2v) is 4.19. The van der Waals surface area contributed by atoms with E-state index in [-0.39, 0.29) is 11.5 Å². The summed E-state index contributed by atoms with van der Waals surface area (Å²) in [6.07, 6.45) is 2.30. The van der Waals surface area contributed by atoms with Crippen LogP contribution >= 0.6 is 0 Å². The number of nitrogens with two attached hydrogens (primary N) is 1. The lowest BCUT2D eigenvalue weighted by Gasteiger charge is -2.12. The van der Waals surface area contributed by atoms with Gasteiger partial charge in [-0.3, -0.25) is 4.98 Å². The van der Waals surface area contributed by atoms with Crippen molar-refractivity contribution in [3.8, 4) is 11.5 Å². The van der Waals surface area contributed by atoms with Crippen LogP contribution in [0.15, 0.2) is 35.6 Å². The summed E-state index contributed by atoms with van der Waals surface area (Å²) in [5.74, 6) is 0.958. The van der Waals surface area contributed by atoms with Crippen LogP contribution < -0.4 is 10.5 Å². The molecule has 0 unspecified atom stereocenters. The van der Waals surface area contributed by atoms with E-state index >= 15 is 0 Å². The molecule has 104 valence electrons. The lowest BCUT2D eigenvalue weighted by Crippen LogP contribution is -2.16. The van der Waals surface area contributed by atoms with Crippen molar-refractivity contribution in [1.82, 2.24) is 9.97 Å². The third-order valence-electron chi connectivity index (χ3n) is 2.75. The SMILES string of the molecule is CCc1nc(C)ccc1Oc1cccnc1/C(N)=N/O. The number of amidine groups is 1. The van der Waals surface area contributed by atoms with Gasteiger partial charge in [-0.2, -0.15) is 0 Å². The van der Waals surface area contributed by atoms with Gasteiger partial charge in [0.25, 0.3) is 0 Å². The first-order valence-corrected chi connectivity index (χ1v) is 6.23. The standard InChI is InChI=1S/C14H16N4O2/c1-3-10-11(7-6-9(2)17-10)20-12-5-4-8-16-13(12)14(15)18-19/h4-8,19H,3H2,1-2H3,(H2,15,18). The van der Waals surface area contributed by atoms with Crippen molar-refractivity contribution in [2.24, 2.45) is 10.9 Å². The van der Waals surface area contributed by atoms with Crippen molar-refractivity contribution >= 4 is 5.84 Å². The van der Waals surface area contributed by atoms with Crippen LogP contribution in [0, 0.1) is 6.92 Å². The predicted octanol–water partition coefficient (Wildman–Crippen LogP) is 2.23. The van der Waals surface area contributed by atoms with Crippen molar-refractivity contribution in [2.45, 2.75) is 20.3 Å². The van der Waals surface area contributed by atoms with Crippen LogP contribution in [-0.4, -0.2) is 21.0 Å². The zero-order chi connectivity index (χ0) is 14.5. The van der Waals surface area contributed by atoms with Gasteiger partial charge in [-0.05, 0) is 37.6 Å². The Morgan fingerprint density at radius 3 is 2.85 bits per heavy atom. The van der Waals surface area contributed by atoms with E-state index in [0.717, 1.165) is 17.8 Å². The summed E-state index contributed by atoms with van der Waals surface area (Å²) < 4.78 is 5.81. The summed E-state index contributed by atoms with van der Waals surface area (Å²) in [5, 5.41) is 11.7. The van der Waals surface area contributed by atoms with Crippen LogP contribution in [0.25, 0.3) is 0 Å². The number of oxime groups is 1. The van der Waals surface area contributed by atoms with E-state index in [1.54, 1.807) is 18.3 Å². The molecule has 0 aromatic carbocycles. The van der Waals surface area contributed by atoms with Crippen molar-refractivity contribution in [3.05, 3.63) is 47.5 Å². The third-order valence-corrected chi connectivity index (χ3v) is 2.75. The van der Waals surface area contributed by atoms with E-state index in [1.165, 1.54) is 0 Å².